The zero-order chi connectivity index (χ0) is 15.0. The van der Waals surface area contributed by atoms with Gasteiger partial charge in [0.1, 0.15) is 6.04 Å². The van der Waals surface area contributed by atoms with Gasteiger partial charge in [0.05, 0.1) is 25.4 Å². The van der Waals surface area contributed by atoms with Gasteiger partial charge < -0.3 is 9.84 Å². The van der Waals surface area contributed by atoms with Crippen LogP contribution in [0.25, 0.3) is 0 Å². The highest BCUT2D eigenvalue weighted by molar-refractivity contribution is 5.45. The lowest BCUT2D eigenvalue weighted by Crippen LogP contribution is -2.44. The van der Waals surface area contributed by atoms with Crippen LogP contribution in [0.3, 0.4) is 0 Å². The summed E-state index contributed by atoms with van der Waals surface area (Å²) in [7, 11) is 0. The summed E-state index contributed by atoms with van der Waals surface area (Å²) in [5.74, 6) is 0. The van der Waals surface area contributed by atoms with E-state index in [-0.39, 0.29) is 13.2 Å². The molecule has 1 rings (SSSR count). The number of rotatable bonds is 8. The summed E-state index contributed by atoms with van der Waals surface area (Å²) in [6, 6.07) is 9.20. The van der Waals surface area contributed by atoms with E-state index in [0.717, 1.165) is 10.6 Å². The number of carbonyl (C=O) groups excluding carboxylic acids is 1. The van der Waals surface area contributed by atoms with E-state index in [1.807, 2.05) is 51.1 Å². The lowest BCUT2D eigenvalue weighted by Gasteiger charge is -2.31. The molecule has 5 heteroatoms. The fraction of sp³-hybridized carbons (Fsp3) is 0.533. The van der Waals surface area contributed by atoms with Crippen LogP contribution in [-0.2, 0) is 21.0 Å². The summed E-state index contributed by atoms with van der Waals surface area (Å²) in [6.07, 6.45) is 0.567. The Morgan fingerprint density at radius 2 is 1.95 bits per heavy atom. The van der Waals surface area contributed by atoms with E-state index < -0.39 is 11.6 Å². The molecular weight excluding hydrogens is 258 g/mol. The maximum atomic E-state index is 11.1. The number of aliphatic hydroxyl groups is 1. The highest BCUT2D eigenvalue weighted by atomic mass is 16.7. The van der Waals surface area contributed by atoms with E-state index >= 15 is 0 Å². The number of carbonyl (C=O) groups is 1. The van der Waals surface area contributed by atoms with Gasteiger partial charge >= 0.3 is 0 Å². The third-order valence-electron chi connectivity index (χ3n) is 2.48. The fourth-order valence-corrected chi connectivity index (χ4v) is 1.59. The first-order valence-corrected chi connectivity index (χ1v) is 6.61. The minimum atomic E-state index is -0.518. The maximum Gasteiger partial charge on any atom is 0.233 e. The Bertz CT molecular complexity index is 389. The molecule has 0 saturated carbocycles. The van der Waals surface area contributed by atoms with E-state index in [9.17, 15) is 9.90 Å². The van der Waals surface area contributed by atoms with Gasteiger partial charge in [-0.05, 0) is 26.3 Å². The topological polar surface area (TPSA) is 59.0 Å². The molecule has 1 aromatic carbocycles. The maximum absolute atomic E-state index is 11.1. The first kappa shape index (κ1) is 16.6. The van der Waals surface area contributed by atoms with Gasteiger partial charge in [0.2, 0.25) is 6.41 Å². The molecule has 112 valence electrons. The average Bonchev–Trinajstić information content (AvgIpc) is 2.41. The molecule has 1 amide bonds. The monoisotopic (exact) mass is 281 g/mol. The van der Waals surface area contributed by atoms with Crippen LogP contribution in [0.15, 0.2) is 30.3 Å². The van der Waals surface area contributed by atoms with Gasteiger partial charge in [0.15, 0.2) is 0 Å². The molecule has 1 aromatic rings. The molecule has 5 nitrogen and oxygen atoms in total. The number of ether oxygens (including phenoxy) is 1. The molecule has 0 spiro atoms. The van der Waals surface area contributed by atoms with Crippen LogP contribution < -0.4 is 0 Å². The average molecular weight is 281 g/mol. The SMILES string of the molecule is CC(C)(C)ON(C=O)[C@@H](CO)COCc1ccccc1. The van der Waals surface area contributed by atoms with Gasteiger partial charge in [-0.1, -0.05) is 30.3 Å². The summed E-state index contributed by atoms with van der Waals surface area (Å²) >= 11 is 0. The molecule has 1 N–H and O–H groups in total. The Balaban J connectivity index is 2.47. The first-order valence-electron chi connectivity index (χ1n) is 6.61. The van der Waals surface area contributed by atoms with Gasteiger partial charge in [-0.15, -0.1) is 0 Å². The number of benzene rings is 1. The van der Waals surface area contributed by atoms with Crippen molar-refractivity contribution in [3.05, 3.63) is 35.9 Å². The highest BCUT2D eigenvalue weighted by Gasteiger charge is 2.23. The quantitative estimate of drug-likeness (QED) is 0.582. The summed E-state index contributed by atoms with van der Waals surface area (Å²) < 4.78 is 5.53. The van der Waals surface area contributed by atoms with E-state index in [2.05, 4.69) is 0 Å². The van der Waals surface area contributed by atoms with Crippen molar-refractivity contribution in [1.29, 1.82) is 0 Å². The zero-order valence-corrected chi connectivity index (χ0v) is 12.3. The second-order valence-corrected chi connectivity index (χ2v) is 5.51. The van der Waals surface area contributed by atoms with E-state index in [0.29, 0.717) is 13.0 Å². The minimum absolute atomic E-state index is 0.209. The second-order valence-electron chi connectivity index (χ2n) is 5.51. The van der Waals surface area contributed by atoms with Gasteiger partial charge in [-0.25, -0.2) is 5.06 Å². The Hall–Kier alpha value is -1.43. The summed E-state index contributed by atoms with van der Waals surface area (Å²) in [4.78, 5) is 16.5. The van der Waals surface area contributed by atoms with E-state index in [1.165, 1.54) is 0 Å². The van der Waals surface area contributed by atoms with Crippen LogP contribution in [0, 0.1) is 0 Å². The number of hydrogen-bond acceptors (Lipinski definition) is 4. The van der Waals surface area contributed by atoms with E-state index in [1.54, 1.807) is 0 Å². The van der Waals surface area contributed by atoms with Crippen molar-refractivity contribution in [3.63, 3.8) is 0 Å². The van der Waals surface area contributed by atoms with Crippen LogP contribution in [0.2, 0.25) is 0 Å². The second kappa shape index (κ2) is 7.99. The summed E-state index contributed by atoms with van der Waals surface area (Å²) in [5, 5.41) is 10.5. The predicted molar refractivity (Wildman–Crippen MR) is 75.7 cm³/mol. The molecule has 0 aliphatic heterocycles. The molecule has 0 heterocycles. The van der Waals surface area contributed by atoms with Crippen LogP contribution in [0.4, 0.5) is 0 Å². The van der Waals surface area contributed by atoms with Crippen LogP contribution in [0.5, 0.6) is 0 Å². The van der Waals surface area contributed by atoms with Gasteiger partial charge in [-0.3, -0.25) is 9.63 Å². The number of aliphatic hydroxyl groups excluding tert-OH is 1. The molecule has 1 atom stereocenters. The lowest BCUT2D eigenvalue weighted by molar-refractivity contribution is -0.241. The van der Waals surface area contributed by atoms with Crippen molar-refractivity contribution in [2.75, 3.05) is 13.2 Å². The molecule has 0 fully saturated rings. The van der Waals surface area contributed by atoms with Crippen molar-refractivity contribution >= 4 is 6.41 Å². The third kappa shape index (κ3) is 6.14. The minimum Gasteiger partial charge on any atom is -0.394 e. The standard InChI is InChI=1S/C15H23NO4/c1-15(2,3)20-16(12-18)14(9-17)11-19-10-13-7-5-4-6-8-13/h4-8,12,14,17H,9-11H2,1-3H3/t14-/m0/s1. The summed E-state index contributed by atoms with van der Waals surface area (Å²) in [6.45, 7) is 5.93. The van der Waals surface area contributed by atoms with Gasteiger partial charge in [-0.2, -0.15) is 0 Å². The number of nitrogens with zero attached hydrogens (tertiary/aromatic N) is 1. The van der Waals surface area contributed by atoms with E-state index in [4.69, 9.17) is 9.57 Å². The molecular formula is C15H23NO4. The third-order valence-corrected chi connectivity index (χ3v) is 2.48. The molecule has 20 heavy (non-hydrogen) atoms. The zero-order valence-electron chi connectivity index (χ0n) is 12.3. The van der Waals surface area contributed by atoms with Crippen LogP contribution in [0.1, 0.15) is 26.3 Å². The Kier molecular flexibility index (Phi) is 6.64. The van der Waals surface area contributed by atoms with Gasteiger partial charge in [0, 0.05) is 0 Å². The lowest BCUT2D eigenvalue weighted by atomic mass is 10.2. The van der Waals surface area contributed by atoms with Crippen molar-refractivity contribution < 1.29 is 19.5 Å². The Morgan fingerprint density at radius 1 is 1.30 bits per heavy atom. The Morgan fingerprint density at radius 3 is 2.45 bits per heavy atom. The molecule has 0 saturated heterocycles. The normalized spacial score (nSPS) is 13.0. The fourth-order valence-electron chi connectivity index (χ4n) is 1.59. The molecule has 0 bridgehead atoms. The molecule has 0 aliphatic carbocycles. The number of hydroxylamine groups is 2. The van der Waals surface area contributed by atoms with Gasteiger partial charge in [0.25, 0.3) is 0 Å². The van der Waals surface area contributed by atoms with Crippen LogP contribution >= 0.6 is 0 Å². The molecule has 0 radical (unpaired) electrons. The molecule has 0 unspecified atom stereocenters. The largest absolute Gasteiger partial charge is 0.394 e. The highest BCUT2D eigenvalue weighted by Crippen LogP contribution is 2.12. The first-order chi connectivity index (χ1) is 9.46. The Labute approximate surface area is 120 Å². The van der Waals surface area contributed by atoms with Crippen LogP contribution in [-0.4, -0.2) is 41.4 Å². The smallest absolute Gasteiger partial charge is 0.233 e. The predicted octanol–water partition coefficient (Wildman–Crippen LogP) is 1.75. The van der Waals surface area contributed by atoms with Crippen molar-refractivity contribution in [1.82, 2.24) is 5.06 Å². The molecule has 0 aliphatic rings. The van der Waals surface area contributed by atoms with Crippen molar-refractivity contribution in [2.24, 2.45) is 0 Å². The van der Waals surface area contributed by atoms with Crippen molar-refractivity contribution in [3.8, 4) is 0 Å². The number of hydrogen-bond donors (Lipinski definition) is 1. The summed E-state index contributed by atoms with van der Waals surface area (Å²) in [5.41, 5.74) is 0.534. The van der Waals surface area contributed by atoms with Crippen molar-refractivity contribution in [2.45, 2.75) is 39.0 Å². The number of amides is 1. The molecule has 0 aromatic heterocycles.